The second-order valence-electron chi connectivity index (χ2n) is 3.84. The molecule has 0 bridgehead atoms. The van der Waals surface area contributed by atoms with Crippen LogP contribution in [-0.2, 0) is 9.53 Å². The molecule has 0 saturated heterocycles. The number of likely N-dealkylation sites (N-methyl/N-ethyl adjacent to an activating group) is 1. The molecular formula is C12H20N4O2. The maximum Gasteiger partial charge on any atom is 0.325 e. The zero-order valence-electron chi connectivity index (χ0n) is 11.4. The molecule has 1 rings (SSSR count). The number of aromatic nitrogens is 2. The SMILES string of the molecule is CCN(CC)c1cc(N(C)CC(=O)OC)ncn1. The number of carbonyl (C=O) groups is 1. The van der Waals surface area contributed by atoms with Crippen molar-refractivity contribution in [2.75, 3.05) is 43.6 Å². The van der Waals surface area contributed by atoms with Gasteiger partial charge in [0, 0.05) is 26.2 Å². The summed E-state index contributed by atoms with van der Waals surface area (Å²) in [6.07, 6.45) is 1.51. The zero-order chi connectivity index (χ0) is 13.5. The number of esters is 1. The fourth-order valence-electron chi connectivity index (χ4n) is 1.61. The van der Waals surface area contributed by atoms with E-state index in [2.05, 4.69) is 33.5 Å². The van der Waals surface area contributed by atoms with Gasteiger partial charge in [-0.2, -0.15) is 0 Å². The number of hydrogen-bond acceptors (Lipinski definition) is 6. The highest BCUT2D eigenvalue weighted by atomic mass is 16.5. The Bertz CT molecular complexity index is 393. The minimum Gasteiger partial charge on any atom is -0.468 e. The second kappa shape index (κ2) is 6.78. The first-order valence-corrected chi connectivity index (χ1v) is 5.97. The average Bonchev–Trinajstić information content (AvgIpc) is 2.40. The van der Waals surface area contributed by atoms with Crippen LogP contribution in [0.4, 0.5) is 11.6 Å². The highest BCUT2D eigenvalue weighted by Crippen LogP contribution is 2.16. The van der Waals surface area contributed by atoms with Crippen LogP contribution >= 0.6 is 0 Å². The Hall–Kier alpha value is -1.85. The molecule has 1 aromatic rings. The van der Waals surface area contributed by atoms with E-state index in [1.165, 1.54) is 13.4 Å². The minimum atomic E-state index is -0.291. The van der Waals surface area contributed by atoms with E-state index in [0.717, 1.165) is 18.9 Å². The molecule has 0 N–H and O–H groups in total. The topological polar surface area (TPSA) is 58.6 Å². The first-order chi connectivity index (χ1) is 8.62. The van der Waals surface area contributed by atoms with E-state index in [1.807, 2.05) is 6.07 Å². The minimum absolute atomic E-state index is 0.172. The molecule has 0 saturated carbocycles. The molecule has 0 fully saturated rings. The summed E-state index contributed by atoms with van der Waals surface area (Å²) in [4.78, 5) is 23.5. The van der Waals surface area contributed by atoms with Crippen molar-refractivity contribution in [2.45, 2.75) is 13.8 Å². The summed E-state index contributed by atoms with van der Waals surface area (Å²) in [7, 11) is 3.17. The molecule has 0 aliphatic heterocycles. The van der Waals surface area contributed by atoms with Gasteiger partial charge in [0.2, 0.25) is 0 Å². The quantitative estimate of drug-likeness (QED) is 0.702. The van der Waals surface area contributed by atoms with Gasteiger partial charge in [0.25, 0.3) is 0 Å². The summed E-state index contributed by atoms with van der Waals surface area (Å²) in [6.45, 7) is 6.08. The average molecular weight is 252 g/mol. The molecule has 18 heavy (non-hydrogen) atoms. The van der Waals surface area contributed by atoms with E-state index >= 15 is 0 Å². The summed E-state index contributed by atoms with van der Waals surface area (Å²) in [5, 5.41) is 0. The standard InChI is InChI=1S/C12H20N4O2/c1-5-16(6-2)11-7-10(13-9-14-11)15(3)8-12(17)18-4/h7,9H,5-6,8H2,1-4H3. The van der Waals surface area contributed by atoms with Crippen molar-refractivity contribution in [2.24, 2.45) is 0 Å². The van der Waals surface area contributed by atoms with Crippen molar-refractivity contribution in [3.63, 3.8) is 0 Å². The van der Waals surface area contributed by atoms with Crippen LogP contribution in [-0.4, -0.2) is 49.7 Å². The lowest BCUT2D eigenvalue weighted by molar-refractivity contribution is -0.138. The molecule has 1 aromatic heterocycles. The lowest BCUT2D eigenvalue weighted by Gasteiger charge is -2.22. The first-order valence-electron chi connectivity index (χ1n) is 5.97. The molecule has 6 nitrogen and oxygen atoms in total. The van der Waals surface area contributed by atoms with Crippen molar-refractivity contribution in [1.82, 2.24) is 9.97 Å². The monoisotopic (exact) mass is 252 g/mol. The van der Waals surface area contributed by atoms with Crippen molar-refractivity contribution in [3.8, 4) is 0 Å². The predicted octanol–water partition coefficient (Wildman–Crippen LogP) is 0.932. The Labute approximate surface area is 108 Å². The summed E-state index contributed by atoms with van der Waals surface area (Å²) >= 11 is 0. The van der Waals surface area contributed by atoms with Crippen molar-refractivity contribution >= 4 is 17.6 Å². The van der Waals surface area contributed by atoms with E-state index < -0.39 is 0 Å². The van der Waals surface area contributed by atoms with Crippen LogP contribution in [0.1, 0.15) is 13.8 Å². The summed E-state index contributed by atoms with van der Waals surface area (Å²) in [5.41, 5.74) is 0. The number of methoxy groups -OCH3 is 1. The fourth-order valence-corrected chi connectivity index (χ4v) is 1.61. The highest BCUT2D eigenvalue weighted by Gasteiger charge is 2.11. The van der Waals surface area contributed by atoms with E-state index in [-0.39, 0.29) is 12.5 Å². The van der Waals surface area contributed by atoms with Crippen LogP contribution in [0, 0.1) is 0 Å². The first kappa shape index (κ1) is 14.2. The lowest BCUT2D eigenvalue weighted by atomic mass is 10.4. The number of hydrogen-bond donors (Lipinski definition) is 0. The van der Waals surface area contributed by atoms with Gasteiger partial charge in [-0.25, -0.2) is 9.97 Å². The van der Waals surface area contributed by atoms with Gasteiger partial charge >= 0.3 is 5.97 Å². The Morgan fingerprint density at radius 3 is 2.44 bits per heavy atom. The van der Waals surface area contributed by atoms with Gasteiger partial charge in [0.1, 0.15) is 24.5 Å². The molecule has 6 heteroatoms. The number of ether oxygens (including phenoxy) is 1. The molecule has 0 aliphatic rings. The van der Waals surface area contributed by atoms with Crippen LogP contribution < -0.4 is 9.80 Å². The summed E-state index contributed by atoms with van der Waals surface area (Å²) in [6, 6.07) is 1.87. The van der Waals surface area contributed by atoms with Gasteiger partial charge in [-0.3, -0.25) is 4.79 Å². The lowest BCUT2D eigenvalue weighted by Crippen LogP contribution is -2.28. The molecule has 0 unspecified atom stereocenters. The number of rotatable bonds is 6. The van der Waals surface area contributed by atoms with Crippen LogP contribution in [0.2, 0.25) is 0 Å². The molecule has 0 atom stereocenters. The van der Waals surface area contributed by atoms with Gasteiger partial charge in [0.15, 0.2) is 0 Å². The highest BCUT2D eigenvalue weighted by molar-refractivity contribution is 5.75. The molecule has 0 aromatic carbocycles. The molecule has 1 heterocycles. The smallest absolute Gasteiger partial charge is 0.325 e. The Morgan fingerprint density at radius 2 is 1.89 bits per heavy atom. The Balaban J connectivity index is 2.84. The largest absolute Gasteiger partial charge is 0.468 e. The van der Waals surface area contributed by atoms with Gasteiger partial charge < -0.3 is 14.5 Å². The second-order valence-corrected chi connectivity index (χ2v) is 3.84. The number of carbonyl (C=O) groups excluding carboxylic acids is 1. The Morgan fingerprint density at radius 1 is 1.28 bits per heavy atom. The zero-order valence-corrected chi connectivity index (χ0v) is 11.4. The maximum absolute atomic E-state index is 11.2. The van der Waals surface area contributed by atoms with E-state index in [1.54, 1.807) is 11.9 Å². The molecule has 100 valence electrons. The molecular weight excluding hydrogens is 232 g/mol. The number of anilines is 2. The van der Waals surface area contributed by atoms with Gasteiger partial charge in [-0.05, 0) is 13.8 Å². The van der Waals surface area contributed by atoms with E-state index in [4.69, 9.17) is 0 Å². The molecule has 0 aliphatic carbocycles. The number of nitrogens with zero attached hydrogens (tertiary/aromatic N) is 4. The van der Waals surface area contributed by atoms with E-state index in [0.29, 0.717) is 5.82 Å². The van der Waals surface area contributed by atoms with Crippen molar-refractivity contribution in [3.05, 3.63) is 12.4 Å². The van der Waals surface area contributed by atoms with E-state index in [9.17, 15) is 4.79 Å². The van der Waals surface area contributed by atoms with Gasteiger partial charge in [-0.15, -0.1) is 0 Å². The van der Waals surface area contributed by atoms with Crippen LogP contribution in [0.25, 0.3) is 0 Å². The van der Waals surface area contributed by atoms with Gasteiger partial charge in [-0.1, -0.05) is 0 Å². The molecule has 0 amide bonds. The van der Waals surface area contributed by atoms with Crippen molar-refractivity contribution in [1.29, 1.82) is 0 Å². The normalized spacial score (nSPS) is 10.0. The maximum atomic E-state index is 11.2. The van der Waals surface area contributed by atoms with Crippen LogP contribution in [0.3, 0.4) is 0 Å². The molecule has 0 radical (unpaired) electrons. The summed E-state index contributed by atoms with van der Waals surface area (Å²) < 4.78 is 4.63. The van der Waals surface area contributed by atoms with Crippen molar-refractivity contribution < 1.29 is 9.53 Å². The summed E-state index contributed by atoms with van der Waals surface area (Å²) in [5.74, 6) is 1.28. The predicted molar refractivity (Wildman–Crippen MR) is 70.9 cm³/mol. The third-order valence-electron chi connectivity index (χ3n) is 2.71. The van der Waals surface area contributed by atoms with Crippen LogP contribution in [0.5, 0.6) is 0 Å². The van der Waals surface area contributed by atoms with Gasteiger partial charge in [0.05, 0.1) is 7.11 Å². The molecule has 0 spiro atoms. The fraction of sp³-hybridized carbons (Fsp3) is 0.583. The van der Waals surface area contributed by atoms with Crippen LogP contribution in [0.15, 0.2) is 12.4 Å². The third-order valence-corrected chi connectivity index (χ3v) is 2.71. The Kier molecular flexibility index (Phi) is 5.35. The third kappa shape index (κ3) is 3.58.